The minimum atomic E-state index is -0.0685. The Labute approximate surface area is 188 Å². The molecule has 4 nitrogen and oxygen atoms in total. The van der Waals surface area contributed by atoms with Gasteiger partial charge in [-0.3, -0.25) is 9.69 Å². The zero-order chi connectivity index (χ0) is 20.7. The number of nitrogens with zero attached hydrogens (tertiary/aromatic N) is 3. The van der Waals surface area contributed by atoms with Crippen LogP contribution in [0, 0.1) is 0 Å². The van der Waals surface area contributed by atoms with Gasteiger partial charge in [0.2, 0.25) is 0 Å². The van der Waals surface area contributed by atoms with E-state index in [2.05, 4.69) is 17.0 Å². The Kier molecular flexibility index (Phi) is 5.06. The third-order valence-corrected chi connectivity index (χ3v) is 7.43. The summed E-state index contributed by atoms with van der Waals surface area (Å²) in [6.07, 6.45) is 0. The van der Waals surface area contributed by atoms with Crippen LogP contribution in [0.1, 0.15) is 0 Å². The van der Waals surface area contributed by atoms with Gasteiger partial charge in [-0.2, -0.15) is 0 Å². The maximum absolute atomic E-state index is 13.5. The van der Waals surface area contributed by atoms with Crippen molar-refractivity contribution in [3.8, 4) is 0 Å². The van der Waals surface area contributed by atoms with Crippen LogP contribution >= 0.6 is 35.1 Å². The van der Waals surface area contributed by atoms with Gasteiger partial charge in [-0.1, -0.05) is 53.7 Å². The SMILES string of the molecule is CN1C(=C2SC(=Nc3ccc(Cl)cc3)N(c3ccccc3)C2=O)Sc2ccccc21. The summed E-state index contributed by atoms with van der Waals surface area (Å²) in [5, 5.41) is 2.20. The van der Waals surface area contributed by atoms with Gasteiger partial charge in [0, 0.05) is 17.0 Å². The van der Waals surface area contributed by atoms with Crippen LogP contribution in [-0.2, 0) is 4.79 Å². The lowest BCUT2D eigenvalue weighted by Gasteiger charge is -2.16. The van der Waals surface area contributed by atoms with Crippen molar-refractivity contribution >= 4 is 63.3 Å². The number of para-hydroxylation sites is 2. The van der Waals surface area contributed by atoms with Gasteiger partial charge in [0.15, 0.2) is 5.17 Å². The topological polar surface area (TPSA) is 35.9 Å². The van der Waals surface area contributed by atoms with Crippen molar-refractivity contribution in [1.82, 2.24) is 0 Å². The van der Waals surface area contributed by atoms with Gasteiger partial charge in [-0.05, 0) is 60.3 Å². The molecule has 5 rings (SSSR count). The van der Waals surface area contributed by atoms with E-state index in [1.165, 1.54) is 11.8 Å². The maximum Gasteiger partial charge on any atom is 0.274 e. The third kappa shape index (κ3) is 3.41. The van der Waals surface area contributed by atoms with Crippen LogP contribution in [0.5, 0.6) is 0 Å². The molecule has 0 atom stereocenters. The molecule has 7 heteroatoms. The second kappa shape index (κ2) is 7.87. The molecule has 1 amide bonds. The number of hydrogen-bond acceptors (Lipinski definition) is 5. The molecule has 3 aromatic carbocycles. The number of carbonyl (C=O) groups is 1. The van der Waals surface area contributed by atoms with Crippen molar-refractivity contribution in [3.05, 3.63) is 93.8 Å². The van der Waals surface area contributed by atoms with Crippen LogP contribution in [0.4, 0.5) is 17.1 Å². The molecule has 0 aliphatic carbocycles. The number of anilines is 2. The van der Waals surface area contributed by atoms with Crippen molar-refractivity contribution in [1.29, 1.82) is 0 Å². The van der Waals surface area contributed by atoms with Crippen LogP contribution in [0.3, 0.4) is 0 Å². The largest absolute Gasteiger partial charge is 0.337 e. The second-order valence-corrected chi connectivity index (χ2v) is 9.16. The van der Waals surface area contributed by atoms with E-state index in [0.717, 1.165) is 27.0 Å². The molecule has 0 spiro atoms. The number of thioether (sulfide) groups is 2. The summed E-state index contributed by atoms with van der Waals surface area (Å²) in [5.41, 5.74) is 2.65. The van der Waals surface area contributed by atoms with Crippen LogP contribution in [0.2, 0.25) is 5.02 Å². The van der Waals surface area contributed by atoms with E-state index < -0.39 is 0 Å². The number of amides is 1. The summed E-state index contributed by atoms with van der Waals surface area (Å²) in [7, 11) is 2.00. The van der Waals surface area contributed by atoms with Gasteiger partial charge in [0.05, 0.1) is 22.1 Å². The first-order chi connectivity index (χ1) is 14.6. The van der Waals surface area contributed by atoms with Crippen LogP contribution in [0.25, 0.3) is 0 Å². The first-order valence-corrected chi connectivity index (χ1v) is 11.3. The van der Waals surface area contributed by atoms with E-state index in [0.29, 0.717) is 15.1 Å². The van der Waals surface area contributed by atoms with Gasteiger partial charge >= 0.3 is 0 Å². The monoisotopic (exact) mass is 449 g/mol. The van der Waals surface area contributed by atoms with Crippen molar-refractivity contribution in [2.75, 3.05) is 16.8 Å². The number of aliphatic imine (C=N–C) groups is 1. The summed E-state index contributed by atoms with van der Waals surface area (Å²) >= 11 is 9.03. The highest BCUT2D eigenvalue weighted by atomic mass is 35.5. The lowest BCUT2D eigenvalue weighted by molar-refractivity contribution is -0.113. The molecule has 0 unspecified atom stereocenters. The van der Waals surface area contributed by atoms with Gasteiger partial charge in [-0.25, -0.2) is 4.99 Å². The molecular formula is C23H16ClN3OS2. The van der Waals surface area contributed by atoms with E-state index in [9.17, 15) is 4.79 Å². The highest BCUT2D eigenvalue weighted by Crippen LogP contribution is 2.50. The first kappa shape index (κ1) is 19.3. The molecule has 148 valence electrons. The van der Waals surface area contributed by atoms with Gasteiger partial charge in [0.1, 0.15) is 4.91 Å². The molecule has 1 fully saturated rings. The van der Waals surface area contributed by atoms with Crippen LogP contribution in [0.15, 0.2) is 98.7 Å². The quantitative estimate of drug-likeness (QED) is 0.417. The van der Waals surface area contributed by atoms with Crippen molar-refractivity contribution in [2.45, 2.75) is 4.90 Å². The van der Waals surface area contributed by atoms with E-state index in [1.54, 1.807) is 28.8 Å². The van der Waals surface area contributed by atoms with Crippen molar-refractivity contribution in [2.24, 2.45) is 4.99 Å². The highest BCUT2D eigenvalue weighted by Gasteiger charge is 2.39. The number of fused-ring (bicyclic) bond motifs is 1. The third-order valence-electron chi connectivity index (χ3n) is 4.78. The maximum atomic E-state index is 13.5. The Balaban J connectivity index is 1.61. The number of amidine groups is 1. The van der Waals surface area contributed by atoms with E-state index in [1.807, 2.05) is 61.6 Å². The fourth-order valence-electron chi connectivity index (χ4n) is 3.31. The van der Waals surface area contributed by atoms with Crippen LogP contribution in [-0.4, -0.2) is 18.1 Å². The predicted octanol–water partition coefficient (Wildman–Crippen LogP) is 6.52. The minimum Gasteiger partial charge on any atom is -0.337 e. The normalized spacial score (nSPS) is 19.7. The molecule has 0 aromatic heterocycles. The molecule has 0 bridgehead atoms. The molecule has 0 saturated carbocycles. The average molecular weight is 450 g/mol. The highest BCUT2D eigenvalue weighted by molar-refractivity contribution is 8.20. The van der Waals surface area contributed by atoms with Crippen LogP contribution < -0.4 is 9.80 Å². The lowest BCUT2D eigenvalue weighted by atomic mass is 10.3. The molecule has 2 aliphatic heterocycles. The van der Waals surface area contributed by atoms with Crippen molar-refractivity contribution in [3.63, 3.8) is 0 Å². The zero-order valence-corrected chi connectivity index (χ0v) is 18.3. The Hall–Kier alpha value is -2.67. The number of halogens is 1. The Morgan fingerprint density at radius 3 is 2.30 bits per heavy atom. The predicted molar refractivity (Wildman–Crippen MR) is 128 cm³/mol. The molecule has 30 heavy (non-hydrogen) atoms. The summed E-state index contributed by atoms with van der Waals surface area (Å²) < 4.78 is 0. The fraction of sp³-hybridized carbons (Fsp3) is 0.0435. The van der Waals surface area contributed by atoms with Gasteiger partial charge in [0.25, 0.3) is 5.91 Å². The Bertz CT molecular complexity index is 1190. The summed E-state index contributed by atoms with van der Waals surface area (Å²) in [5.74, 6) is -0.0685. The molecule has 2 heterocycles. The number of rotatable bonds is 2. The number of benzene rings is 3. The number of carbonyl (C=O) groups excluding carboxylic acids is 1. The zero-order valence-electron chi connectivity index (χ0n) is 15.9. The van der Waals surface area contributed by atoms with Gasteiger partial charge in [-0.15, -0.1) is 0 Å². The Morgan fingerprint density at radius 1 is 0.867 bits per heavy atom. The minimum absolute atomic E-state index is 0.0685. The van der Waals surface area contributed by atoms with E-state index in [4.69, 9.17) is 16.6 Å². The molecule has 3 aromatic rings. The molecular weight excluding hydrogens is 434 g/mol. The average Bonchev–Trinajstić information content (AvgIpc) is 3.27. The van der Waals surface area contributed by atoms with E-state index in [-0.39, 0.29) is 5.91 Å². The Morgan fingerprint density at radius 2 is 1.57 bits per heavy atom. The number of hydrogen-bond donors (Lipinski definition) is 0. The fourth-order valence-corrected chi connectivity index (χ4v) is 5.78. The smallest absolute Gasteiger partial charge is 0.274 e. The summed E-state index contributed by atoms with van der Waals surface area (Å²) in [4.78, 5) is 23.9. The standard InChI is InChI=1S/C23H16ClN3OS2/c1-26-18-9-5-6-10-19(18)29-22(26)20-21(28)27(17-7-3-2-4-8-17)23(30-20)25-16-13-11-15(24)12-14-16/h2-14H,1H3. The molecule has 1 saturated heterocycles. The first-order valence-electron chi connectivity index (χ1n) is 9.28. The van der Waals surface area contributed by atoms with Crippen molar-refractivity contribution < 1.29 is 4.79 Å². The molecule has 0 radical (unpaired) electrons. The second-order valence-electron chi connectivity index (χ2n) is 6.71. The van der Waals surface area contributed by atoms with E-state index >= 15 is 0 Å². The molecule has 0 N–H and O–H groups in total. The van der Waals surface area contributed by atoms with Gasteiger partial charge < -0.3 is 4.90 Å². The summed E-state index contributed by atoms with van der Waals surface area (Å²) in [6.45, 7) is 0. The lowest BCUT2D eigenvalue weighted by Crippen LogP contribution is -2.29. The molecule has 2 aliphatic rings. The summed E-state index contributed by atoms with van der Waals surface area (Å²) in [6, 6.07) is 25.1.